The van der Waals surface area contributed by atoms with Gasteiger partial charge in [-0.25, -0.2) is 9.37 Å². The predicted octanol–water partition coefficient (Wildman–Crippen LogP) is 1.10. The summed E-state index contributed by atoms with van der Waals surface area (Å²) >= 11 is 0. The maximum Gasteiger partial charge on any atom is 0.326 e. The molecule has 1 aromatic carbocycles. The van der Waals surface area contributed by atoms with Crippen molar-refractivity contribution in [2.24, 2.45) is 5.73 Å². The number of carboxylic acids is 1. The van der Waals surface area contributed by atoms with Gasteiger partial charge >= 0.3 is 5.97 Å². The lowest BCUT2D eigenvalue weighted by molar-refractivity contribution is -0.138. The molecule has 5 nitrogen and oxygen atoms in total. The highest BCUT2D eigenvalue weighted by Crippen LogP contribution is 2.13. The Bertz CT molecular complexity index is 553. The number of carbonyl (C=O) groups is 1. The van der Waals surface area contributed by atoms with Gasteiger partial charge in [0.25, 0.3) is 0 Å². The lowest BCUT2D eigenvalue weighted by Gasteiger charge is -2.02. The van der Waals surface area contributed by atoms with E-state index in [0.717, 1.165) is 0 Å². The number of aliphatic carboxylic acids is 1. The third-order valence-corrected chi connectivity index (χ3v) is 2.29. The van der Waals surface area contributed by atoms with Crippen LogP contribution in [0.1, 0.15) is 11.7 Å². The van der Waals surface area contributed by atoms with E-state index in [4.69, 9.17) is 10.8 Å². The highest BCUT2D eigenvalue weighted by atomic mass is 19.1. The number of aromatic nitrogens is 2. The Morgan fingerprint density at radius 1 is 1.53 bits per heavy atom. The van der Waals surface area contributed by atoms with Crippen LogP contribution in [0, 0.1) is 5.82 Å². The Balaban J connectivity index is 2.33. The third-order valence-electron chi connectivity index (χ3n) is 2.29. The van der Waals surface area contributed by atoms with E-state index in [-0.39, 0.29) is 11.5 Å². The van der Waals surface area contributed by atoms with E-state index in [0.29, 0.717) is 5.69 Å². The first kappa shape index (κ1) is 11.3. The molecule has 1 unspecified atom stereocenters. The van der Waals surface area contributed by atoms with Crippen LogP contribution in [0.5, 0.6) is 0 Å². The topological polar surface area (TPSA) is 81.1 Å². The summed E-state index contributed by atoms with van der Waals surface area (Å²) in [5.74, 6) is -1.53. The Morgan fingerprint density at radius 3 is 2.94 bits per heavy atom. The summed E-state index contributed by atoms with van der Waals surface area (Å²) in [6, 6.07) is 4.70. The Labute approximate surface area is 96.3 Å². The molecule has 1 heterocycles. The van der Waals surface area contributed by atoms with Crippen LogP contribution in [0.4, 0.5) is 4.39 Å². The van der Waals surface area contributed by atoms with Gasteiger partial charge in [0, 0.05) is 11.9 Å². The van der Waals surface area contributed by atoms with E-state index >= 15 is 0 Å². The minimum atomic E-state index is -1.18. The number of benzene rings is 1. The first-order chi connectivity index (χ1) is 8.08. The molecular formula is C11H10FN3O2. The second-order valence-corrected chi connectivity index (χ2v) is 3.50. The number of nitrogens with zero attached hydrogens (tertiary/aromatic N) is 2. The molecule has 0 aliphatic carbocycles. The molecule has 0 spiro atoms. The maximum atomic E-state index is 13.0. The number of nitrogens with two attached hydrogens (primary N) is 1. The lowest BCUT2D eigenvalue weighted by atomic mass is 10.2. The van der Waals surface area contributed by atoms with Gasteiger partial charge in [-0.3, -0.25) is 4.79 Å². The second kappa shape index (κ2) is 4.34. The summed E-state index contributed by atoms with van der Waals surface area (Å²) in [5, 5.41) is 8.73. The summed E-state index contributed by atoms with van der Waals surface area (Å²) in [4.78, 5) is 14.5. The van der Waals surface area contributed by atoms with Crippen LogP contribution >= 0.6 is 0 Å². The Kier molecular flexibility index (Phi) is 2.88. The fourth-order valence-electron chi connectivity index (χ4n) is 1.40. The van der Waals surface area contributed by atoms with E-state index < -0.39 is 12.0 Å². The molecule has 2 rings (SSSR count). The Hall–Kier alpha value is -2.21. The van der Waals surface area contributed by atoms with Crippen molar-refractivity contribution >= 4 is 5.97 Å². The molecule has 17 heavy (non-hydrogen) atoms. The SMILES string of the molecule is NC(C(=O)O)c1cn(-c2cccc(F)c2)cn1. The van der Waals surface area contributed by atoms with Crippen molar-refractivity contribution in [3.8, 4) is 5.69 Å². The molecule has 6 heteroatoms. The summed E-state index contributed by atoms with van der Waals surface area (Å²) in [7, 11) is 0. The number of carboxylic acid groups (broad SMARTS) is 1. The molecule has 0 saturated heterocycles. The van der Waals surface area contributed by atoms with E-state index in [1.165, 1.54) is 29.2 Å². The fraction of sp³-hybridized carbons (Fsp3) is 0.0909. The van der Waals surface area contributed by atoms with Crippen molar-refractivity contribution in [2.45, 2.75) is 6.04 Å². The van der Waals surface area contributed by atoms with Crippen molar-refractivity contribution in [1.29, 1.82) is 0 Å². The molecule has 0 saturated carbocycles. The largest absolute Gasteiger partial charge is 0.480 e. The van der Waals surface area contributed by atoms with Gasteiger partial charge in [0.2, 0.25) is 0 Å². The normalized spacial score (nSPS) is 12.4. The molecule has 88 valence electrons. The zero-order valence-electron chi connectivity index (χ0n) is 8.75. The summed E-state index contributed by atoms with van der Waals surface area (Å²) in [5.41, 5.74) is 6.19. The first-order valence-electron chi connectivity index (χ1n) is 4.86. The predicted molar refractivity (Wildman–Crippen MR) is 58.1 cm³/mol. The molecule has 0 radical (unpaired) electrons. The van der Waals surface area contributed by atoms with Gasteiger partial charge in [-0.05, 0) is 18.2 Å². The highest BCUT2D eigenvalue weighted by Gasteiger charge is 2.17. The number of hydrogen-bond acceptors (Lipinski definition) is 3. The van der Waals surface area contributed by atoms with Crippen molar-refractivity contribution in [1.82, 2.24) is 9.55 Å². The molecule has 0 aliphatic heterocycles. The molecule has 0 bridgehead atoms. The second-order valence-electron chi connectivity index (χ2n) is 3.50. The zero-order chi connectivity index (χ0) is 12.4. The van der Waals surface area contributed by atoms with Crippen LogP contribution in [0.3, 0.4) is 0 Å². The van der Waals surface area contributed by atoms with Crippen molar-refractivity contribution < 1.29 is 14.3 Å². The third kappa shape index (κ3) is 2.31. The number of hydrogen-bond donors (Lipinski definition) is 2. The zero-order valence-corrected chi connectivity index (χ0v) is 8.75. The minimum absolute atomic E-state index is 0.224. The monoisotopic (exact) mass is 235 g/mol. The number of halogens is 1. The number of rotatable bonds is 3. The molecule has 2 aromatic rings. The first-order valence-corrected chi connectivity index (χ1v) is 4.86. The summed E-state index contributed by atoms with van der Waals surface area (Å²) in [6.45, 7) is 0. The van der Waals surface area contributed by atoms with E-state index in [1.54, 1.807) is 12.1 Å². The highest BCUT2D eigenvalue weighted by molar-refractivity contribution is 5.74. The van der Waals surface area contributed by atoms with Crippen molar-refractivity contribution in [2.75, 3.05) is 0 Å². The van der Waals surface area contributed by atoms with E-state index in [2.05, 4.69) is 4.98 Å². The summed E-state index contributed by atoms with van der Waals surface area (Å²) in [6.07, 6.45) is 2.86. The summed E-state index contributed by atoms with van der Waals surface area (Å²) < 4.78 is 14.5. The van der Waals surface area contributed by atoms with Gasteiger partial charge in [-0.15, -0.1) is 0 Å². The fourth-order valence-corrected chi connectivity index (χ4v) is 1.40. The Morgan fingerprint density at radius 2 is 2.29 bits per heavy atom. The van der Waals surface area contributed by atoms with Gasteiger partial charge in [-0.1, -0.05) is 6.07 Å². The van der Waals surface area contributed by atoms with Gasteiger partial charge in [0.15, 0.2) is 0 Å². The van der Waals surface area contributed by atoms with Crippen LogP contribution < -0.4 is 5.73 Å². The molecule has 1 atom stereocenters. The van der Waals surface area contributed by atoms with Gasteiger partial charge in [0.05, 0.1) is 12.0 Å². The van der Waals surface area contributed by atoms with E-state index in [1.807, 2.05) is 0 Å². The minimum Gasteiger partial charge on any atom is -0.480 e. The van der Waals surface area contributed by atoms with Crippen LogP contribution in [0.15, 0.2) is 36.8 Å². The van der Waals surface area contributed by atoms with Crippen molar-refractivity contribution in [3.63, 3.8) is 0 Å². The standard InChI is InChI=1S/C11H10FN3O2/c12-7-2-1-3-8(4-7)15-5-9(14-6-15)10(13)11(16)17/h1-6,10H,13H2,(H,16,17). The van der Waals surface area contributed by atoms with E-state index in [9.17, 15) is 9.18 Å². The van der Waals surface area contributed by atoms with Crippen LogP contribution in [0.2, 0.25) is 0 Å². The molecule has 0 fully saturated rings. The molecule has 1 aromatic heterocycles. The van der Waals surface area contributed by atoms with Crippen LogP contribution in [-0.4, -0.2) is 20.6 Å². The average molecular weight is 235 g/mol. The smallest absolute Gasteiger partial charge is 0.326 e. The molecule has 0 aliphatic rings. The molecular weight excluding hydrogens is 225 g/mol. The quantitative estimate of drug-likeness (QED) is 0.834. The van der Waals surface area contributed by atoms with Crippen LogP contribution in [0.25, 0.3) is 5.69 Å². The average Bonchev–Trinajstić information content (AvgIpc) is 2.77. The van der Waals surface area contributed by atoms with Crippen molar-refractivity contribution in [3.05, 3.63) is 48.3 Å². The van der Waals surface area contributed by atoms with Gasteiger partial charge < -0.3 is 15.4 Å². The number of imidazole rings is 1. The van der Waals surface area contributed by atoms with Gasteiger partial charge in [-0.2, -0.15) is 0 Å². The molecule has 3 N–H and O–H groups in total. The van der Waals surface area contributed by atoms with Crippen LogP contribution in [-0.2, 0) is 4.79 Å². The molecule has 0 amide bonds. The lowest BCUT2D eigenvalue weighted by Crippen LogP contribution is -2.20. The van der Waals surface area contributed by atoms with Gasteiger partial charge in [0.1, 0.15) is 11.9 Å². The maximum absolute atomic E-state index is 13.0.